The van der Waals surface area contributed by atoms with Crippen molar-refractivity contribution in [1.82, 2.24) is 0 Å². The number of aryl methyl sites for hydroxylation is 6. The Morgan fingerprint density at radius 1 is 0.280 bits per heavy atom. The van der Waals surface area contributed by atoms with Gasteiger partial charge in [0.25, 0.3) is 0 Å². The monoisotopic (exact) mass is 1320 g/mol. The van der Waals surface area contributed by atoms with Crippen LogP contribution < -0.4 is 33.6 Å². The Morgan fingerprint density at radius 3 is 0.790 bits per heavy atom. The Labute approximate surface area is 596 Å². The predicted octanol–water partition coefficient (Wildman–Crippen LogP) is 26.0. The number of methoxy groups -OCH3 is 4. The van der Waals surface area contributed by atoms with Crippen LogP contribution in [0.15, 0.2) is 285 Å². The molecular formula is C92H94N4O4. The summed E-state index contributed by atoms with van der Waals surface area (Å²) in [6.45, 7) is 20.3. The van der Waals surface area contributed by atoms with Gasteiger partial charge in [0, 0.05) is 62.8 Å². The van der Waals surface area contributed by atoms with Gasteiger partial charge in [0.05, 0.1) is 35.0 Å². The average molecular weight is 1320 g/mol. The molecule has 506 valence electrons. The van der Waals surface area contributed by atoms with Gasteiger partial charge in [0.15, 0.2) is 5.70 Å². The smallest absolute Gasteiger partial charge is 0.194 e. The molecule has 0 unspecified atom stereocenters. The Balaban J connectivity index is 0.000000208. The summed E-state index contributed by atoms with van der Waals surface area (Å²) in [5, 5.41) is 0. The molecule has 0 amide bonds. The van der Waals surface area contributed by atoms with E-state index < -0.39 is 0 Å². The van der Waals surface area contributed by atoms with Crippen LogP contribution in [0.5, 0.6) is 23.0 Å². The highest BCUT2D eigenvalue weighted by atomic mass is 16.5. The maximum atomic E-state index is 7.63. The van der Waals surface area contributed by atoms with Gasteiger partial charge in [-0.25, -0.2) is 4.85 Å². The molecule has 100 heavy (non-hydrogen) atoms. The highest BCUT2D eigenvalue weighted by Crippen LogP contribution is 2.39. The van der Waals surface area contributed by atoms with Crippen LogP contribution in [0.25, 0.3) is 40.9 Å². The number of nitrogens with zero attached hydrogens (tertiary/aromatic N) is 4. The van der Waals surface area contributed by atoms with Crippen LogP contribution in [0.1, 0.15) is 89.0 Å². The summed E-state index contributed by atoms with van der Waals surface area (Å²) in [7, 11) is 6.65. The second kappa shape index (κ2) is 36.9. The normalized spacial score (nSPS) is 10.6. The fraction of sp³-hybridized carbons (Fsp3) is 0.141. The fourth-order valence-corrected chi connectivity index (χ4v) is 10.8. The first-order chi connectivity index (χ1) is 47.3. The van der Waals surface area contributed by atoms with Gasteiger partial charge in [-0.2, -0.15) is 0 Å². The molecule has 12 aromatic carbocycles. The number of ether oxygens (including phenoxy) is 4. The summed E-state index contributed by atoms with van der Waals surface area (Å²) < 4.78 is 21.2. The van der Waals surface area contributed by atoms with Crippen molar-refractivity contribution in [3.63, 3.8) is 0 Å². The van der Waals surface area contributed by atoms with Gasteiger partial charge < -0.3 is 33.6 Å². The molecule has 0 bridgehead atoms. The van der Waals surface area contributed by atoms with Gasteiger partial charge >= 0.3 is 0 Å². The first kappa shape index (κ1) is 75.3. The molecule has 0 aliphatic carbocycles. The number of hydrogen-bond donors (Lipinski definition) is 0. The van der Waals surface area contributed by atoms with Gasteiger partial charge in [-0.1, -0.05) is 213 Å². The third-order valence-corrected chi connectivity index (χ3v) is 16.5. The Kier molecular flexibility index (Phi) is 27.8. The molecule has 0 aliphatic heterocycles. The van der Waals surface area contributed by atoms with Crippen molar-refractivity contribution in [2.24, 2.45) is 0 Å². The summed E-state index contributed by atoms with van der Waals surface area (Å²) in [4.78, 5) is 10.5. The summed E-state index contributed by atoms with van der Waals surface area (Å²) >= 11 is 0. The van der Waals surface area contributed by atoms with E-state index in [1.807, 2.05) is 60.7 Å². The van der Waals surface area contributed by atoms with E-state index >= 15 is 0 Å². The van der Waals surface area contributed by atoms with Crippen LogP contribution in [0.3, 0.4) is 0 Å². The highest BCUT2D eigenvalue weighted by Gasteiger charge is 2.16. The van der Waals surface area contributed by atoms with Gasteiger partial charge in [0.1, 0.15) is 23.0 Å². The van der Waals surface area contributed by atoms with E-state index in [4.69, 9.17) is 25.5 Å². The largest absolute Gasteiger partial charge is 0.497 e. The van der Waals surface area contributed by atoms with Gasteiger partial charge in [-0.05, 0) is 221 Å². The molecule has 8 heteroatoms. The van der Waals surface area contributed by atoms with Gasteiger partial charge in [-0.15, -0.1) is 0 Å². The minimum atomic E-state index is 0. The number of rotatable bonds is 19. The molecule has 12 rings (SSSR count). The molecular weight excluding hydrogens is 1230 g/mol. The zero-order chi connectivity index (χ0) is 68.0. The van der Waals surface area contributed by atoms with Gasteiger partial charge in [0.2, 0.25) is 0 Å². The molecule has 0 saturated carbocycles. The molecule has 12 aromatic rings. The first-order valence-electron chi connectivity index (χ1n) is 32.3. The van der Waals surface area contributed by atoms with Crippen LogP contribution in [-0.4, -0.2) is 28.4 Å². The van der Waals surface area contributed by atoms with Crippen molar-refractivity contribution in [3.05, 3.63) is 363 Å². The number of benzene rings is 12. The molecule has 0 saturated heterocycles. The molecule has 0 radical (unpaired) electrons. The van der Waals surface area contributed by atoms with Crippen molar-refractivity contribution >= 4 is 87.3 Å². The number of hydrogen-bond acceptors (Lipinski definition) is 7. The quantitative estimate of drug-likeness (QED) is 0.0591. The minimum Gasteiger partial charge on any atom is -0.497 e. The molecule has 0 spiro atoms. The van der Waals surface area contributed by atoms with Crippen LogP contribution in [0.4, 0.5) is 51.2 Å². The fourth-order valence-electron chi connectivity index (χ4n) is 10.8. The lowest BCUT2D eigenvalue weighted by Crippen LogP contribution is -2.09. The SMILES string of the molecule is C.C.C.COc1ccc(/C=C/c2ccc(N(c3ccc(C)cc3)c3ccc(C)cc3)cc2)c(OC)c1.COc1ccc(/C=C/c2ccc(N(c3ccc(C)cc3)c3ccc(C)cc3)cc2)cc1.[C-]#[N+]/C(=C\c1ccc(N(c2ccc(C)cc2)c2ccc(C)cc2)cc1)c1ccc(OC)cc1. The molecule has 0 fully saturated rings. The molecule has 0 atom stereocenters. The Morgan fingerprint density at radius 2 is 0.520 bits per heavy atom. The van der Waals surface area contributed by atoms with Crippen LogP contribution in [0, 0.1) is 48.1 Å². The maximum absolute atomic E-state index is 7.63. The van der Waals surface area contributed by atoms with Crippen molar-refractivity contribution < 1.29 is 18.9 Å². The van der Waals surface area contributed by atoms with Crippen LogP contribution in [0.2, 0.25) is 0 Å². The molecule has 0 aliphatic rings. The molecule has 0 N–H and O–H groups in total. The lowest BCUT2D eigenvalue weighted by atomic mass is 10.1. The predicted molar refractivity (Wildman–Crippen MR) is 430 cm³/mol. The summed E-state index contributed by atoms with van der Waals surface area (Å²) in [6.07, 6.45) is 10.3. The average Bonchev–Trinajstić information content (AvgIpc) is 0.825. The zero-order valence-electron chi connectivity index (χ0n) is 56.9. The minimum absolute atomic E-state index is 0. The standard InChI is InChI=1S/C30H26N2O.C30H29NO2.C29H27NO.3CH4/c1-22-5-13-26(14-6-22)32(27-15-7-23(2)8-16-27)28-17-9-24(10-18-28)21-30(31-3)25-11-19-29(33-4)20-12-25;1-22-5-14-26(15-6-22)31(27-16-7-23(2)8-17-27)28-18-10-24(11-19-28)9-12-25-13-20-29(32-3)21-30(25)33-4;1-22-4-14-26(15-5-22)30(27-16-6-23(2)7-17-27)28-18-10-24(11-19-28)8-9-25-12-20-29(31-3)21-13-25;;;/h5-21H,1-2,4H3;5-21H,1-4H3;4-21H,1-3H3;3*1H4/b30-21-;12-9+;9-8+;;;. The van der Waals surface area contributed by atoms with E-state index in [1.165, 1.54) is 33.4 Å². The van der Waals surface area contributed by atoms with Crippen molar-refractivity contribution in [2.45, 2.75) is 63.8 Å². The van der Waals surface area contributed by atoms with Crippen molar-refractivity contribution in [3.8, 4) is 23.0 Å². The van der Waals surface area contributed by atoms with E-state index in [0.29, 0.717) is 5.70 Å². The lowest BCUT2D eigenvalue weighted by Gasteiger charge is -2.26. The maximum Gasteiger partial charge on any atom is 0.194 e. The topological polar surface area (TPSA) is 51.0 Å². The molecule has 8 nitrogen and oxygen atoms in total. The van der Waals surface area contributed by atoms with Crippen LogP contribution in [-0.2, 0) is 0 Å². The first-order valence-corrected chi connectivity index (χ1v) is 32.3. The second-order valence-electron chi connectivity index (χ2n) is 23.7. The van der Waals surface area contributed by atoms with E-state index in [2.05, 4.69) is 316 Å². The van der Waals surface area contributed by atoms with E-state index in [-0.39, 0.29) is 22.3 Å². The summed E-state index contributed by atoms with van der Waals surface area (Å²) in [6, 6.07) is 98.7. The van der Waals surface area contributed by atoms with Crippen molar-refractivity contribution in [2.75, 3.05) is 43.1 Å². The van der Waals surface area contributed by atoms with E-state index in [9.17, 15) is 0 Å². The summed E-state index contributed by atoms with van der Waals surface area (Å²) in [5.41, 5.74) is 24.4. The van der Waals surface area contributed by atoms with E-state index in [1.54, 1.807) is 28.4 Å². The third-order valence-electron chi connectivity index (χ3n) is 16.5. The molecule has 0 heterocycles. The highest BCUT2D eigenvalue weighted by molar-refractivity contribution is 5.87. The number of anilines is 9. The Bertz CT molecular complexity index is 4460. The van der Waals surface area contributed by atoms with E-state index in [0.717, 1.165) is 108 Å². The van der Waals surface area contributed by atoms with Gasteiger partial charge in [-0.3, -0.25) is 0 Å². The third kappa shape index (κ3) is 20.3. The lowest BCUT2D eigenvalue weighted by molar-refractivity contribution is 0.394. The van der Waals surface area contributed by atoms with Crippen LogP contribution >= 0.6 is 0 Å². The molecule has 0 aromatic heterocycles. The second-order valence-corrected chi connectivity index (χ2v) is 23.7. The summed E-state index contributed by atoms with van der Waals surface area (Å²) in [5.74, 6) is 3.21. The Hall–Kier alpha value is -12.1. The zero-order valence-corrected chi connectivity index (χ0v) is 56.9. The van der Waals surface area contributed by atoms with Crippen molar-refractivity contribution in [1.29, 1.82) is 0 Å².